The van der Waals surface area contributed by atoms with E-state index >= 15 is 0 Å². The maximum atomic E-state index is 13.2. The Morgan fingerprint density at radius 1 is 1.15 bits per heavy atom. The third kappa shape index (κ3) is 2.59. The number of hydrogen-bond donors (Lipinski definition) is 1. The van der Waals surface area contributed by atoms with E-state index in [-0.39, 0.29) is 11.9 Å². The van der Waals surface area contributed by atoms with Gasteiger partial charge in [0.1, 0.15) is 11.6 Å². The van der Waals surface area contributed by atoms with E-state index in [1.165, 1.54) is 23.3 Å². The number of benzene rings is 2. The second-order valence-corrected chi connectivity index (χ2v) is 5.44. The molecule has 0 radical (unpaired) electrons. The monoisotopic (exact) mass is 291 g/mol. The van der Waals surface area contributed by atoms with E-state index < -0.39 is 0 Å². The second kappa shape index (κ2) is 5.33. The van der Waals surface area contributed by atoms with Gasteiger partial charge in [-0.05, 0) is 48.2 Å². The molecular formula is C16H15ClFNO. The third-order valence-corrected chi connectivity index (χ3v) is 3.86. The number of rotatable bonds is 3. The van der Waals surface area contributed by atoms with Gasteiger partial charge in [0, 0.05) is 17.1 Å². The highest BCUT2D eigenvalue weighted by molar-refractivity contribution is 6.30. The molecule has 2 aromatic rings. The molecule has 104 valence electrons. The standard InChI is InChI=1S/C16H15ClFNO/c1-20-16-9-13(18)4-5-15(16)19-14-7-10-2-3-12(17)6-11(10)8-14/h2-6,9,14,19H,7-8H2,1H3. The predicted molar refractivity (Wildman–Crippen MR) is 79.2 cm³/mol. The van der Waals surface area contributed by atoms with Crippen molar-refractivity contribution in [2.45, 2.75) is 18.9 Å². The molecule has 0 bridgehead atoms. The molecule has 4 heteroatoms. The summed E-state index contributed by atoms with van der Waals surface area (Å²) in [5.41, 5.74) is 3.40. The van der Waals surface area contributed by atoms with Crippen LogP contribution in [-0.4, -0.2) is 13.2 Å². The fourth-order valence-corrected chi connectivity index (χ4v) is 2.89. The summed E-state index contributed by atoms with van der Waals surface area (Å²) in [6, 6.07) is 10.8. The van der Waals surface area contributed by atoms with Gasteiger partial charge in [-0.1, -0.05) is 17.7 Å². The molecule has 0 amide bonds. The zero-order chi connectivity index (χ0) is 14.1. The quantitative estimate of drug-likeness (QED) is 0.920. The Morgan fingerprint density at radius 3 is 2.75 bits per heavy atom. The van der Waals surface area contributed by atoms with Crippen LogP contribution in [0.2, 0.25) is 5.02 Å². The van der Waals surface area contributed by atoms with Gasteiger partial charge in [0.15, 0.2) is 0 Å². The zero-order valence-corrected chi connectivity index (χ0v) is 11.9. The van der Waals surface area contributed by atoms with Crippen LogP contribution in [0, 0.1) is 5.82 Å². The van der Waals surface area contributed by atoms with Crippen LogP contribution in [0.4, 0.5) is 10.1 Å². The number of ether oxygens (including phenoxy) is 1. The third-order valence-electron chi connectivity index (χ3n) is 3.62. The lowest BCUT2D eigenvalue weighted by Gasteiger charge is -2.16. The molecule has 0 fully saturated rings. The van der Waals surface area contributed by atoms with E-state index in [4.69, 9.17) is 16.3 Å². The van der Waals surface area contributed by atoms with Crippen molar-refractivity contribution in [3.05, 3.63) is 58.4 Å². The van der Waals surface area contributed by atoms with Crippen molar-refractivity contribution in [3.8, 4) is 5.75 Å². The van der Waals surface area contributed by atoms with Crippen molar-refractivity contribution >= 4 is 17.3 Å². The Labute approximate surface area is 122 Å². The maximum absolute atomic E-state index is 13.2. The van der Waals surface area contributed by atoms with E-state index in [1.807, 2.05) is 12.1 Å². The van der Waals surface area contributed by atoms with Crippen LogP contribution in [0.25, 0.3) is 0 Å². The van der Waals surface area contributed by atoms with E-state index in [9.17, 15) is 4.39 Å². The Kier molecular flexibility index (Phi) is 3.53. The molecular weight excluding hydrogens is 277 g/mol. The fraction of sp³-hybridized carbons (Fsp3) is 0.250. The van der Waals surface area contributed by atoms with Gasteiger partial charge in [0.25, 0.3) is 0 Å². The molecule has 0 saturated carbocycles. The minimum atomic E-state index is -0.297. The summed E-state index contributed by atoms with van der Waals surface area (Å²) < 4.78 is 18.4. The van der Waals surface area contributed by atoms with E-state index in [0.717, 1.165) is 23.6 Å². The van der Waals surface area contributed by atoms with Crippen LogP contribution >= 0.6 is 11.6 Å². The van der Waals surface area contributed by atoms with Gasteiger partial charge in [-0.2, -0.15) is 0 Å². The lowest BCUT2D eigenvalue weighted by molar-refractivity contribution is 0.412. The van der Waals surface area contributed by atoms with Crippen LogP contribution < -0.4 is 10.1 Å². The van der Waals surface area contributed by atoms with Gasteiger partial charge in [-0.3, -0.25) is 0 Å². The van der Waals surface area contributed by atoms with Crippen molar-refractivity contribution in [3.63, 3.8) is 0 Å². The van der Waals surface area contributed by atoms with Gasteiger partial charge in [-0.15, -0.1) is 0 Å². The van der Waals surface area contributed by atoms with Gasteiger partial charge in [-0.25, -0.2) is 4.39 Å². The average molecular weight is 292 g/mol. The van der Waals surface area contributed by atoms with Crippen LogP contribution in [0.1, 0.15) is 11.1 Å². The zero-order valence-electron chi connectivity index (χ0n) is 11.1. The number of nitrogens with one attached hydrogen (secondary N) is 1. The smallest absolute Gasteiger partial charge is 0.144 e. The highest BCUT2D eigenvalue weighted by Gasteiger charge is 2.22. The predicted octanol–water partition coefficient (Wildman–Crippen LogP) is 4.07. The minimum Gasteiger partial charge on any atom is -0.494 e. The van der Waals surface area contributed by atoms with Crippen LogP contribution in [0.3, 0.4) is 0 Å². The van der Waals surface area contributed by atoms with Crippen molar-refractivity contribution < 1.29 is 9.13 Å². The molecule has 1 unspecified atom stereocenters. The number of fused-ring (bicyclic) bond motifs is 1. The molecule has 0 aliphatic heterocycles. The number of hydrogen-bond acceptors (Lipinski definition) is 2. The minimum absolute atomic E-state index is 0.280. The highest BCUT2D eigenvalue weighted by Crippen LogP contribution is 2.30. The lowest BCUT2D eigenvalue weighted by atomic mass is 10.1. The molecule has 0 saturated heterocycles. The topological polar surface area (TPSA) is 21.3 Å². The van der Waals surface area contributed by atoms with E-state index in [1.54, 1.807) is 13.2 Å². The van der Waals surface area contributed by atoms with Crippen LogP contribution in [0.15, 0.2) is 36.4 Å². The van der Waals surface area contributed by atoms with Gasteiger partial charge in [0.05, 0.1) is 12.8 Å². The SMILES string of the molecule is COc1cc(F)ccc1NC1Cc2ccc(Cl)cc2C1. The van der Waals surface area contributed by atoms with Crippen molar-refractivity contribution in [1.29, 1.82) is 0 Å². The Hall–Kier alpha value is -1.74. The van der Waals surface area contributed by atoms with Crippen molar-refractivity contribution in [2.24, 2.45) is 0 Å². The molecule has 0 spiro atoms. The first-order valence-electron chi connectivity index (χ1n) is 6.53. The summed E-state index contributed by atoms with van der Waals surface area (Å²) in [6.07, 6.45) is 1.85. The Bertz CT molecular complexity index is 644. The largest absolute Gasteiger partial charge is 0.494 e. The summed E-state index contributed by atoms with van der Waals surface area (Å²) in [4.78, 5) is 0. The van der Waals surface area contributed by atoms with Crippen LogP contribution in [-0.2, 0) is 12.8 Å². The van der Waals surface area contributed by atoms with Gasteiger partial charge < -0.3 is 10.1 Å². The molecule has 0 aromatic heterocycles. The molecule has 2 aromatic carbocycles. The maximum Gasteiger partial charge on any atom is 0.144 e. The summed E-state index contributed by atoms with van der Waals surface area (Å²) in [7, 11) is 1.54. The van der Waals surface area contributed by atoms with Gasteiger partial charge >= 0.3 is 0 Å². The molecule has 1 aliphatic carbocycles. The van der Waals surface area contributed by atoms with E-state index in [0.29, 0.717) is 5.75 Å². The molecule has 3 rings (SSSR count). The average Bonchev–Trinajstić information content (AvgIpc) is 2.82. The molecule has 2 nitrogen and oxygen atoms in total. The summed E-state index contributed by atoms with van der Waals surface area (Å²) >= 11 is 6.01. The number of halogens is 2. The molecule has 1 N–H and O–H groups in total. The van der Waals surface area contributed by atoms with Crippen molar-refractivity contribution in [1.82, 2.24) is 0 Å². The number of methoxy groups -OCH3 is 1. The van der Waals surface area contributed by atoms with Crippen LogP contribution in [0.5, 0.6) is 5.75 Å². The normalized spacial score (nSPS) is 16.9. The number of anilines is 1. The summed E-state index contributed by atoms with van der Waals surface area (Å²) in [5.74, 6) is 0.230. The first kappa shape index (κ1) is 13.3. The molecule has 0 heterocycles. The summed E-state index contributed by atoms with van der Waals surface area (Å²) in [5, 5.41) is 4.19. The van der Waals surface area contributed by atoms with Gasteiger partial charge in [0.2, 0.25) is 0 Å². The highest BCUT2D eigenvalue weighted by atomic mass is 35.5. The van der Waals surface area contributed by atoms with E-state index in [2.05, 4.69) is 11.4 Å². The lowest BCUT2D eigenvalue weighted by Crippen LogP contribution is -2.19. The summed E-state index contributed by atoms with van der Waals surface area (Å²) in [6.45, 7) is 0. The fourth-order valence-electron chi connectivity index (χ4n) is 2.69. The second-order valence-electron chi connectivity index (χ2n) is 5.01. The Balaban J connectivity index is 1.78. The Morgan fingerprint density at radius 2 is 1.95 bits per heavy atom. The molecule has 1 aliphatic rings. The van der Waals surface area contributed by atoms with Crippen molar-refractivity contribution in [2.75, 3.05) is 12.4 Å². The molecule has 1 atom stereocenters. The first-order chi connectivity index (χ1) is 9.65. The first-order valence-corrected chi connectivity index (χ1v) is 6.91. The molecule has 20 heavy (non-hydrogen) atoms.